The number of carbonyl (C=O) groups is 1. The lowest BCUT2D eigenvalue weighted by Crippen LogP contribution is -2.51. The number of hydrogen-bond donors (Lipinski definition) is 3. The van der Waals surface area contributed by atoms with E-state index in [1.807, 2.05) is 19.1 Å². The van der Waals surface area contributed by atoms with Gasteiger partial charge < -0.3 is 16.0 Å². The number of sulfone groups is 1. The predicted molar refractivity (Wildman–Crippen MR) is 114 cm³/mol. The van der Waals surface area contributed by atoms with E-state index >= 15 is 0 Å². The van der Waals surface area contributed by atoms with Crippen molar-refractivity contribution in [3.8, 4) is 0 Å². The lowest BCUT2D eigenvalue weighted by atomic mass is 10.1. The highest BCUT2D eigenvalue weighted by atomic mass is 127. The largest absolute Gasteiger partial charge is 0.357 e. The van der Waals surface area contributed by atoms with E-state index in [1.54, 1.807) is 12.1 Å². The van der Waals surface area contributed by atoms with Crippen molar-refractivity contribution in [2.45, 2.75) is 37.1 Å². The number of nitrogens with zero attached hydrogens (tertiary/aromatic N) is 1. The first-order chi connectivity index (χ1) is 11.9. The molecule has 1 aromatic rings. The summed E-state index contributed by atoms with van der Waals surface area (Å²) in [4.78, 5) is 16.1. The van der Waals surface area contributed by atoms with Crippen LogP contribution in [0.25, 0.3) is 0 Å². The summed E-state index contributed by atoms with van der Waals surface area (Å²) < 4.78 is 22.9. The zero-order valence-electron chi connectivity index (χ0n) is 15.1. The second-order valence-electron chi connectivity index (χ2n) is 6.11. The van der Waals surface area contributed by atoms with Gasteiger partial charge in [-0.1, -0.05) is 12.1 Å². The lowest BCUT2D eigenvalue weighted by molar-refractivity contribution is -0.122. The van der Waals surface area contributed by atoms with Crippen molar-refractivity contribution in [1.82, 2.24) is 16.0 Å². The lowest BCUT2D eigenvalue weighted by Gasteiger charge is -2.25. The van der Waals surface area contributed by atoms with E-state index in [0.717, 1.165) is 30.9 Å². The van der Waals surface area contributed by atoms with Crippen molar-refractivity contribution in [2.75, 3.05) is 25.9 Å². The fourth-order valence-corrected chi connectivity index (χ4v) is 3.20. The number of piperidine rings is 1. The maximum Gasteiger partial charge on any atom is 0.220 e. The third-order valence-electron chi connectivity index (χ3n) is 3.97. The maximum atomic E-state index is 11.5. The van der Waals surface area contributed by atoms with E-state index in [2.05, 4.69) is 20.9 Å². The minimum Gasteiger partial charge on any atom is -0.357 e. The first-order valence-corrected chi connectivity index (χ1v) is 10.4. The van der Waals surface area contributed by atoms with Crippen LogP contribution in [0.4, 0.5) is 0 Å². The predicted octanol–water partition coefficient (Wildman–Crippen LogP) is 1.08. The molecule has 1 amide bonds. The Kier molecular flexibility index (Phi) is 9.34. The van der Waals surface area contributed by atoms with Gasteiger partial charge in [-0.05, 0) is 37.5 Å². The number of halogens is 1. The summed E-state index contributed by atoms with van der Waals surface area (Å²) in [6.07, 6.45) is 3.25. The normalized spacial score (nSPS) is 17.8. The minimum absolute atomic E-state index is 0. The molecule has 1 aliphatic heterocycles. The van der Waals surface area contributed by atoms with E-state index in [-0.39, 0.29) is 35.9 Å². The SMILES string of the molecule is CCNC(=NCCc1ccc(S(C)(=O)=O)cc1)NC1CCC(=O)NC1.I. The molecule has 1 unspecified atom stereocenters. The number of benzene rings is 1. The molecule has 0 aliphatic carbocycles. The van der Waals surface area contributed by atoms with Crippen molar-refractivity contribution in [1.29, 1.82) is 0 Å². The molecule has 1 heterocycles. The van der Waals surface area contributed by atoms with E-state index in [0.29, 0.717) is 24.4 Å². The molecule has 146 valence electrons. The first-order valence-electron chi connectivity index (χ1n) is 8.49. The van der Waals surface area contributed by atoms with Gasteiger partial charge in [0.25, 0.3) is 0 Å². The van der Waals surface area contributed by atoms with Gasteiger partial charge in [0.2, 0.25) is 5.91 Å². The summed E-state index contributed by atoms with van der Waals surface area (Å²) in [7, 11) is -3.16. The molecule has 3 N–H and O–H groups in total. The molecular formula is C17H27IN4O3S. The van der Waals surface area contributed by atoms with E-state index in [4.69, 9.17) is 0 Å². The quantitative estimate of drug-likeness (QED) is 0.313. The van der Waals surface area contributed by atoms with Crippen LogP contribution in [0.2, 0.25) is 0 Å². The van der Waals surface area contributed by atoms with Crippen LogP contribution in [-0.2, 0) is 21.1 Å². The molecule has 0 saturated carbocycles. The molecule has 0 bridgehead atoms. The summed E-state index contributed by atoms with van der Waals surface area (Å²) >= 11 is 0. The summed E-state index contributed by atoms with van der Waals surface area (Å²) in [5, 5.41) is 9.39. The molecule has 0 aromatic heterocycles. The van der Waals surface area contributed by atoms with Gasteiger partial charge >= 0.3 is 0 Å². The summed E-state index contributed by atoms with van der Waals surface area (Å²) in [5.41, 5.74) is 1.04. The highest BCUT2D eigenvalue weighted by Gasteiger charge is 2.18. The topological polar surface area (TPSA) is 99.7 Å². The van der Waals surface area contributed by atoms with Crippen molar-refractivity contribution < 1.29 is 13.2 Å². The van der Waals surface area contributed by atoms with Gasteiger partial charge in [-0.15, -0.1) is 24.0 Å². The maximum absolute atomic E-state index is 11.5. The van der Waals surface area contributed by atoms with Crippen LogP contribution >= 0.6 is 24.0 Å². The van der Waals surface area contributed by atoms with Crippen LogP contribution in [0, 0.1) is 0 Å². The molecule has 1 fully saturated rings. The van der Waals surface area contributed by atoms with E-state index in [1.165, 1.54) is 6.26 Å². The van der Waals surface area contributed by atoms with Gasteiger partial charge in [-0.25, -0.2) is 8.42 Å². The second kappa shape index (κ2) is 10.7. The van der Waals surface area contributed by atoms with E-state index in [9.17, 15) is 13.2 Å². The Morgan fingerprint density at radius 3 is 2.54 bits per heavy atom. The van der Waals surface area contributed by atoms with Crippen LogP contribution in [0.15, 0.2) is 34.2 Å². The molecule has 0 radical (unpaired) electrons. The van der Waals surface area contributed by atoms with Crippen molar-refractivity contribution in [3.63, 3.8) is 0 Å². The highest BCUT2D eigenvalue weighted by Crippen LogP contribution is 2.10. The summed E-state index contributed by atoms with van der Waals surface area (Å²) in [6.45, 7) is 3.96. The molecular weight excluding hydrogens is 467 g/mol. The third kappa shape index (κ3) is 7.48. The fourth-order valence-electron chi connectivity index (χ4n) is 2.57. The molecule has 26 heavy (non-hydrogen) atoms. The highest BCUT2D eigenvalue weighted by molar-refractivity contribution is 14.0. The number of nitrogens with one attached hydrogen (secondary N) is 3. The van der Waals surface area contributed by atoms with Gasteiger partial charge in [-0.3, -0.25) is 9.79 Å². The first kappa shape index (κ1) is 22.7. The molecule has 1 aromatic carbocycles. The Balaban J connectivity index is 0.00000338. The zero-order valence-corrected chi connectivity index (χ0v) is 18.3. The molecule has 0 spiro atoms. The average molecular weight is 494 g/mol. The van der Waals surface area contributed by atoms with Gasteiger partial charge in [0, 0.05) is 38.4 Å². The van der Waals surface area contributed by atoms with Crippen LogP contribution in [0.1, 0.15) is 25.3 Å². The minimum atomic E-state index is -3.16. The third-order valence-corrected chi connectivity index (χ3v) is 5.10. The molecule has 9 heteroatoms. The van der Waals surface area contributed by atoms with Crippen molar-refractivity contribution in [3.05, 3.63) is 29.8 Å². The Hall–Kier alpha value is -1.36. The number of rotatable bonds is 6. The Labute approximate surface area is 172 Å². The number of carbonyl (C=O) groups excluding carboxylic acids is 1. The Morgan fingerprint density at radius 2 is 2.00 bits per heavy atom. The van der Waals surface area contributed by atoms with Gasteiger partial charge in [0.15, 0.2) is 15.8 Å². The number of amides is 1. The number of aliphatic imine (C=N–C) groups is 1. The monoisotopic (exact) mass is 494 g/mol. The van der Waals surface area contributed by atoms with Crippen LogP contribution < -0.4 is 16.0 Å². The number of hydrogen-bond acceptors (Lipinski definition) is 4. The molecule has 2 rings (SSSR count). The van der Waals surface area contributed by atoms with Crippen LogP contribution in [0.5, 0.6) is 0 Å². The molecule has 1 aliphatic rings. The smallest absolute Gasteiger partial charge is 0.220 e. The molecule has 1 atom stereocenters. The van der Waals surface area contributed by atoms with Crippen LogP contribution in [-0.4, -0.2) is 52.2 Å². The van der Waals surface area contributed by atoms with Crippen molar-refractivity contribution >= 4 is 45.7 Å². The van der Waals surface area contributed by atoms with Gasteiger partial charge in [0.05, 0.1) is 4.90 Å². The average Bonchev–Trinajstić information content (AvgIpc) is 2.57. The second-order valence-corrected chi connectivity index (χ2v) is 8.13. The molecule has 7 nitrogen and oxygen atoms in total. The van der Waals surface area contributed by atoms with E-state index < -0.39 is 9.84 Å². The van der Waals surface area contributed by atoms with Gasteiger partial charge in [-0.2, -0.15) is 0 Å². The van der Waals surface area contributed by atoms with Crippen molar-refractivity contribution in [2.24, 2.45) is 4.99 Å². The summed E-state index contributed by atoms with van der Waals surface area (Å²) in [5.74, 6) is 0.828. The van der Waals surface area contributed by atoms with Gasteiger partial charge in [0.1, 0.15) is 0 Å². The molecule has 1 saturated heterocycles. The number of guanidine groups is 1. The Morgan fingerprint density at radius 1 is 1.31 bits per heavy atom. The summed E-state index contributed by atoms with van der Waals surface area (Å²) in [6, 6.07) is 7.08. The van der Waals surface area contributed by atoms with Crippen LogP contribution in [0.3, 0.4) is 0 Å². The zero-order chi connectivity index (χ0) is 18.3. The Bertz CT molecular complexity index is 710. The standard InChI is InChI=1S/C17H26N4O3S.HI/c1-3-18-17(21-14-6-9-16(22)20-12-14)19-11-10-13-4-7-15(8-5-13)25(2,23)24;/h4-5,7-8,14H,3,6,9-12H2,1-2H3,(H,20,22)(H2,18,19,21);1H. The fraction of sp³-hybridized carbons (Fsp3) is 0.529.